The molecule has 2 aromatic carbocycles. The Balaban J connectivity index is 0.000000405. The fourth-order valence-corrected chi connectivity index (χ4v) is 4.55. The van der Waals surface area contributed by atoms with E-state index in [4.69, 9.17) is 16.7 Å². The third-order valence-electron chi connectivity index (χ3n) is 4.81. The molecular weight excluding hydrogens is 538 g/mol. The van der Waals surface area contributed by atoms with Crippen LogP contribution in [0.25, 0.3) is 0 Å². The Kier molecular flexibility index (Phi) is 9.90. The Bertz CT molecular complexity index is 1360. The highest BCUT2D eigenvalue weighted by atomic mass is 35.5. The van der Waals surface area contributed by atoms with Crippen LogP contribution >= 0.6 is 34.3 Å². The molecule has 1 unspecified atom stereocenters. The van der Waals surface area contributed by atoms with Gasteiger partial charge in [0.1, 0.15) is 0 Å². The van der Waals surface area contributed by atoms with Gasteiger partial charge in [-0.15, -0.1) is 0 Å². The van der Waals surface area contributed by atoms with Gasteiger partial charge >= 0.3 is 11.0 Å². The first kappa shape index (κ1) is 27.5. The molecule has 0 saturated carbocycles. The molecule has 0 bridgehead atoms. The number of rotatable bonds is 8. The van der Waals surface area contributed by atoms with E-state index in [1.807, 2.05) is 42.5 Å². The van der Waals surface area contributed by atoms with E-state index in [1.165, 1.54) is 23.5 Å². The van der Waals surface area contributed by atoms with Crippen LogP contribution in [-0.2, 0) is 4.79 Å². The summed E-state index contributed by atoms with van der Waals surface area (Å²) >= 11 is 8.10. The summed E-state index contributed by atoms with van der Waals surface area (Å²) in [4.78, 5) is 45.0. The number of nitro groups is 1. The van der Waals surface area contributed by atoms with E-state index in [-0.39, 0.29) is 16.4 Å². The first-order valence-corrected chi connectivity index (χ1v) is 12.8. The van der Waals surface area contributed by atoms with Crippen molar-refractivity contribution in [3.8, 4) is 0 Å². The minimum absolute atomic E-state index is 0.133. The van der Waals surface area contributed by atoms with Crippen LogP contribution in [0.3, 0.4) is 0 Å². The summed E-state index contributed by atoms with van der Waals surface area (Å²) in [6.45, 7) is -0.262. The zero-order chi connectivity index (χ0) is 26.8. The van der Waals surface area contributed by atoms with E-state index in [9.17, 15) is 24.5 Å². The molecule has 0 aliphatic heterocycles. The number of aromatic carboxylic acids is 1. The zero-order valence-electron chi connectivity index (χ0n) is 19.0. The van der Waals surface area contributed by atoms with E-state index in [1.54, 1.807) is 29.0 Å². The second-order valence-corrected chi connectivity index (χ2v) is 9.64. The van der Waals surface area contributed by atoms with Gasteiger partial charge in [-0.1, -0.05) is 65.4 Å². The third-order valence-corrected chi connectivity index (χ3v) is 6.79. The molecule has 2 amide bonds. The average Bonchev–Trinajstić information content (AvgIpc) is 3.61. The van der Waals surface area contributed by atoms with Gasteiger partial charge in [0.05, 0.1) is 28.0 Å². The molecule has 37 heavy (non-hydrogen) atoms. The van der Waals surface area contributed by atoms with Crippen molar-refractivity contribution in [2.75, 3.05) is 6.54 Å². The number of benzene rings is 2. The fraction of sp³-hybridized carbons (Fsp3) is 0.0800. The lowest BCUT2D eigenvalue weighted by Gasteiger charge is -2.20. The number of nitrogens with zero attached hydrogens (tertiary/aromatic N) is 1. The van der Waals surface area contributed by atoms with Gasteiger partial charge in [-0.3, -0.25) is 19.7 Å². The lowest BCUT2D eigenvalue weighted by atomic mass is 9.98. The highest BCUT2D eigenvalue weighted by Crippen LogP contribution is 2.24. The summed E-state index contributed by atoms with van der Waals surface area (Å²) < 4.78 is 0. The molecule has 0 saturated heterocycles. The number of hydrogen-bond acceptors (Lipinski definition) is 7. The minimum atomic E-state index is -0.855. The third kappa shape index (κ3) is 8.24. The molecule has 3 N–H and O–H groups in total. The summed E-state index contributed by atoms with van der Waals surface area (Å²) in [6.07, 6.45) is 0. The van der Waals surface area contributed by atoms with E-state index in [2.05, 4.69) is 10.6 Å². The normalized spacial score (nSPS) is 10.9. The Labute approximate surface area is 224 Å². The Morgan fingerprint density at radius 1 is 0.973 bits per heavy atom. The van der Waals surface area contributed by atoms with Crippen molar-refractivity contribution >= 4 is 57.1 Å². The number of amides is 2. The summed E-state index contributed by atoms with van der Waals surface area (Å²) in [5.41, 5.74) is 2.09. The van der Waals surface area contributed by atoms with Crippen LogP contribution in [0.5, 0.6) is 0 Å². The number of halogens is 1. The van der Waals surface area contributed by atoms with Crippen LogP contribution in [0, 0.1) is 10.1 Å². The molecule has 190 valence electrons. The van der Waals surface area contributed by atoms with Crippen LogP contribution < -0.4 is 10.6 Å². The summed E-state index contributed by atoms with van der Waals surface area (Å²) in [6, 6.07) is 20.3. The number of hydrogen-bond donors (Lipinski definition) is 3. The maximum Gasteiger partial charge on any atom is 0.336 e. The van der Waals surface area contributed by atoms with Gasteiger partial charge < -0.3 is 15.7 Å². The SMILES string of the molecule is O=C(CNC(=O)c1ccc([N+](=O)[O-])s1)NC(c1ccccc1)c1ccc(Cl)cc1.O=C(O)c1ccsc1. The first-order valence-electron chi connectivity index (χ1n) is 10.6. The quantitative estimate of drug-likeness (QED) is 0.196. The van der Waals surface area contributed by atoms with E-state index < -0.39 is 28.7 Å². The summed E-state index contributed by atoms with van der Waals surface area (Å²) in [5.74, 6) is -1.79. The van der Waals surface area contributed by atoms with Crippen LogP contribution in [0.2, 0.25) is 5.02 Å². The molecule has 0 radical (unpaired) electrons. The van der Waals surface area contributed by atoms with Crippen LogP contribution in [0.4, 0.5) is 5.00 Å². The van der Waals surface area contributed by atoms with Crippen molar-refractivity contribution in [2.45, 2.75) is 6.04 Å². The predicted octanol–water partition coefficient (Wildman–Crippen LogP) is 5.39. The standard InChI is InChI=1S/C20H16ClN3O4S.C5H4O2S/c21-15-8-6-14(7-9-15)19(13-4-2-1-3-5-13)23-17(25)12-22-20(26)16-10-11-18(29-16)24(27)28;6-5(7)4-1-2-8-3-4/h1-11,19H,12H2,(H,22,26)(H,23,25);1-3H,(H,6,7). The summed E-state index contributed by atoms with van der Waals surface area (Å²) in [7, 11) is 0. The highest BCUT2D eigenvalue weighted by molar-refractivity contribution is 7.17. The molecule has 0 fully saturated rings. The molecule has 1 atom stereocenters. The maximum atomic E-state index is 12.5. The van der Waals surface area contributed by atoms with E-state index in [0.29, 0.717) is 10.6 Å². The van der Waals surface area contributed by atoms with Crippen molar-refractivity contribution in [1.29, 1.82) is 0 Å². The molecule has 4 rings (SSSR count). The van der Waals surface area contributed by atoms with E-state index >= 15 is 0 Å². The number of carboxylic acids is 1. The first-order chi connectivity index (χ1) is 17.7. The molecular formula is C25H20ClN3O6S2. The molecule has 2 aromatic heterocycles. The zero-order valence-corrected chi connectivity index (χ0v) is 21.4. The maximum absolute atomic E-state index is 12.5. The Hall–Kier alpha value is -4.06. The largest absolute Gasteiger partial charge is 0.478 e. The number of carboxylic acid groups (broad SMARTS) is 1. The van der Waals surface area contributed by atoms with Crippen molar-refractivity contribution in [1.82, 2.24) is 10.6 Å². The summed E-state index contributed by atoms with van der Waals surface area (Å²) in [5, 5.41) is 28.2. The number of thiophene rings is 2. The fourth-order valence-electron chi connectivity index (χ4n) is 3.05. The predicted molar refractivity (Wildman–Crippen MR) is 142 cm³/mol. The molecule has 12 heteroatoms. The second kappa shape index (κ2) is 13.3. The lowest BCUT2D eigenvalue weighted by Crippen LogP contribution is -2.38. The minimum Gasteiger partial charge on any atom is -0.478 e. The van der Waals surface area contributed by atoms with Gasteiger partial charge in [-0.2, -0.15) is 11.3 Å². The van der Waals surface area contributed by atoms with Crippen molar-refractivity contribution in [3.63, 3.8) is 0 Å². The molecule has 4 aromatic rings. The van der Waals surface area contributed by atoms with Crippen molar-refractivity contribution in [2.24, 2.45) is 0 Å². The topological polar surface area (TPSA) is 139 Å². The van der Waals surface area contributed by atoms with Crippen molar-refractivity contribution in [3.05, 3.63) is 120 Å². The molecule has 0 aliphatic carbocycles. The second-order valence-electron chi connectivity index (χ2n) is 7.36. The van der Waals surface area contributed by atoms with Crippen LogP contribution in [0.15, 0.2) is 83.6 Å². The molecule has 2 heterocycles. The van der Waals surface area contributed by atoms with Gasteiger partial charge in [0, 0.05) is 16.5 Å². The van der Waals surface area contributed by atoms with Gasteiger partial charge in [-0.25, -0.2) is 4.79 Å². The van der Waals surface area contributed by atoms with Gasteiger partial charge in [0.15, 0.2) is 0 Å². The van der Waals surface area contributed by atoms with Gasteiger partial charge in [-0.05, 0) is 40.8 Å². The van der Waals surface area contributed by atoms with Crippen LogP contribution in [-0.4, -0.2) is 34.4 Å². The Morgan fingerprint density at radius 3 is 2.19 bits per heavy atom. The number of nitrogens with one attached hydrogen (secondary N) is 2. The number of carbonyl (C=O) groups is 3. The number of carbonyl (C=O) groups excluding carboxylic acids is 2. The Morgan fingerprint density at radius 2 is 1.65 bits per heavy atom. The monoisotopic (exact) mass is 557 g/mol. The smallest absolute Gasteiger partial charge is 0.336 e. The van der Waals surface area contributed by atoms with Crippen molar-refractivity contribution < 1.29 is 24.4 Å². The molecule has 0 spiro atoms. The average molecular weight is 558 g/mol. The van der Waals surface area contributed by atoms with Gasteiger partial charge in [0.2, 0.25) is 5.91 Å². The lowest BCUT2D eigenvalue weighted by molar-refractivity contribution is -0.380. The van der Waals surface area contributed by atoms with Gasteiger partial charge in [0.25, 0.3) is 5.91 Å². The molecule has 9 nitrogen and oxygen atoms in total. The highest BCUT2D eigenvalue weighted by Gasteiger charge is 2.19. The molecule has 0 aliphatic rings. The van der Waals surface area contributed by atoms with E-state index in [0.717, 1.165) is 22.5 Å². The van der Waals surface area contributed by atoms with Crippen LogP contribution in [0.1, 0.15) is 37.2 Å².